The van der Waals surface area contributed by atoms with Crippen molar-refractivity contribution in [1.82, 2.24) is 39.2 Å². The van der Waals surface area contributed by atoms with Crippen molar-refractivity contribution in [2.45, 2.75) is 99.8 Å². The molecule has 4 heterocycles. The van der Waals surface area contributed by atoms with E-state index in [9.17, 15) is 0 Å². The Morgan fingerprint density at radius 1 is 0.404 bits per heavy atom. The molecule has 8 nitrogen and oxygen atoms in total. The number of fused-ring (bicyclic) bond motifs is 6. The van der Waals surface area contributed by atoms with E-state index in [2.05, 4.69) is 67.1 Å². The van der Waals surface area contributed by atoms with E-state index in [1.165, 1.54) is 96.9 Å². The second kappa shape index (κ2) is 29.1. The van der Waals surface area contributed by atoms with E-state index in [-0.39, 0.29) is 34.1 Å². The van der Waals surface area contributed by atoms with Crippen LogP contribution in [-0.2, 0) is 34.1 Å². The molecule has 4 fully saturated rings. The summed E-state index contributed by atoms with van der Waals surface area (Å²) in [5.74, 6) is 0. The van der Waals surface area contributed by atoms with Crippen molar-refractivity contribution in [2.75, 3.05) is 145 Å². The fourth-order valence-electron chi connectivity index (χ4n) is 7.64. The molecule has 0 N–H and O–H groups in total. The molecule has 306 valence electrons. The quantitative estimate of drug-likeness (QED) is 0.104. The predicted molar refractivity (Wildman–Crippen MR) is 220 cm³/mol. The molecule has 52 heavy (non-hydrogen) atoms. The maximum absolute atomic E-state index is 6.84. The first-order valence-electron chi connectivity index (χ1n) is 20.5. The van der Waals surface area contributed by atoms with E-state index < -0.39 is 8.91 Å². The van der Waals surface area contributed by atoms with Crippen LogP contribution in [0.4, 0.5) is 0 Å². The second-order valence-electron chi connectivity index (χ2n) is 15.6. The zero-order chi connectivity index (χ0) is 36.2. The topological polar surface area (TPSA) is 25.9 Å². The molecular weight excluding hydrogens is 820 g/mol. The molecule has 0 spiro atoms. The Labute approximate surface area is 362 Å². The first-order chi connectivity index (χ1) is 24.0. The fourth-order valence-corrected chi connectivity index (χ4v) is 8.66. The molecular formula is C38H76Cl4Mn2N8+4. The number of rotatable bonds is 10. The van der Waals surface area contributed by atoms with Crippen molar-refractivity contribution in [3.63, 3.8) is 0 Å². The Morgan fingerprint density at radius 3 is 1.25 bits per heavy atom. The normalized spacial score (nSPS) is 29.1. The summed E-state index contributed by atoms with van der Waals surface area (Å²) < 4.78 is -1.49. The first-order valence-corrected chi connectivity index (χ1v) is 22.1. The Hall–Kier alpha value is 1.88. The van der Waals surface area contributed by atoms with Gasteiger partial charge in [0.05, 0.1) is 0 Å². The molecule has 0 aromatic heterocycles. The minimum atomic E-state index is -0.748. The van der Waals surface area contributed by atoms with Crippen LogP contribution in [0.1, 0.15) is 90.9 Å². The summed E-state index contributed by atoms with van der Waals surface area (Å²) >= 11 is 27.2. The molecule has 4 atom stereocenters. The Morgan fingerprint density at radius 2 is 0.788 bits per heavy atom. The van der Waals surface area contributed by atoms with Crippen LogP contribution in [0.3, 0.4) is 0 Å². The number of unbranched alkanes of at least 4 members (excludes halogenated alkanes) is 6. The van der Waals surface area contributed by atoms with Gasteiger partial charge >= 0.3 is 34.1 Å². The average molecular weight is 897 g/mol. The van der Waals surface area contributed by atoms with E-state index in [1.807, 2.05) is 0 Å². The number of hydrogen-bond donors (Lipinski definition) is 0. The third-order valence-electron chi connectivity index (χ3n) is 11.4. The van der Waals surface area contributed by atoms with Gasteiger partial charge in [0.25, 0.3) is 0 Å². The van der Waals surface area contributed by atoms with Crippen LogP contribution in [0.2, 0.25) is 0 Å². The molecule has 4 aliphatic rings. The second-order valence-corrected chi connectivity index (χ2v) is 18.5. The maximum atomic E-state index is 6.84. The van der Waals surface area contributed by atoms with E-state index >= 15 is 0 Å². The van der Waals surface area contributed by atoms with Crippen LogP contribution in [-0.4, -0.2) is 193 Å². The summed E-state index contributed by atoms with van der Waals surface area (Å²) in [6.07, 6.45) is 14.8. The van der Waals surface area contributed by atoms with E-state index in [4.69, 9.17) is 46.4 Å². The summed E-state index contributed by atoms with van der Waals surface area (Å²) in [7, 11) is 4.41. The number of alkyl halides is 4. The third-order valence-corrected chi connectivity index (χ3v) is 13.1. The van der Waals surface area contributed by atoms with Crippen molar-refractivity contribution in [3.05, 3.63) is 0 Å². The SMILES string of the molecule is CCCCCCCCN1CCN2CCCN(C)CCN(CC2)C(Cl)(Cl)CC1.CCCCN1CCN2CCCN(C)CCN(CC2)C(Cl)(Cl)CC1.[Mn+2].[Mn+2]. The molecule has 4 saturated heterocycles. The van der Waals surface area contributed by atoms with Gasteiger partial charge in [-0.05, 0) is 79.0 Å². The van der Waals surface area contributed by atoms with Gasteiger partial charge in [-0.15, -0.1) is 0 Å². The zero-order valence-electron chi connectivity index (χ0n) is 33.5. The molecule has 4 rings (SSSR count). The van der Waals surface area contributed by atoms with Gasteiger partial charge in [-0.25, -0.2) is 0 Å². The molecule has 0 amide bonds. The maximum Gasteiger partial charge on any atom is 2.00 e. The molecule has 14 heteroatoms. The van der Waals surface area contributed by atoms with Crippen LogP contribution in [0.25, 0.3) is 0 Å². The monoisotopic (exact) mass is 894 g/mol. The summed E-state index contributed by atoms with van der Waals surface area (Å²) in [5, 5.41) is 0. The molecule has 2 radical (unpaired) electrons. The van der Waals surface area contributed by atoms with Gasteiger partial charge in [0.1, 0.15) is 0 Å². The number of nitrogens with zero attached hydrogens (tertiary/aromatic N) is 8. The summed E-state index contributed by atoms with van der Waals surface area (Å²) in [4.78, 5) is 19.8. The van der Waals surface area contributed by atoms with Crippen molar-refractivity contribution in [1.29, 1.82) is 0 Å². The van der Waals surface area contributed by atoms with Crippen molar-refractivity contribution in [3.8, 4) is 0 Å². The molecule has 0 aromatic rings. The Kier molecular flexibility index (Phi) is 29.1. The van der Waals surface area contributed by atoms with E-state index in [1.54, 1.807) is 0 Å². The third kappa shape index (κ3) is 21.0. The summed E-state index contributed by atoms with van der Waals surface area (Å²) in [5.41, 5.74) is 0. The van der Waals surface area contributed by atoms with Gasteiger partial charge in [0.2, 0.25) is 0 Å². The number of halogens is 4. The smallest absolute Gasteiger partial charge is 0.305 e. The van der Waals surface area contributed by atoms with Crippen LogP contribution in [0.15, 0.2) is 0 Å². The summed E-state index contributed by atoms with van der Waals surface area (Å²) in [6.45, 7) is 26.3. The number of likely N-dealkylation sites (N-methyl/N-ethyl adjacent to an activating group) is 2. The standard InChI is InChI=1S/C21H42Cl2N4.C17H34Cl2N4.2Mn/c1-3-4-5-6-7-8-12-25-14-10-21(22,23)27-19-15-24(2)11-9-13-26(17-16-25)18-20-27;1-3-4-8-21-10-6-17(18,19)23-15-11-20(2)7-5-9-22(13-12-21)14-16-23;;/h3-20H2,1-2H3;3-16H2,1-2H3;;/q;;2*+2. The predicted octanol–water partition coefficient (Wildman–Crippen LogP) is 6.68. The van der Waals surface area contributed by atoms with Gasteiger partial charge in [0.15, 0.2) is 8.91 Å². The van der Waals surface area contributed by atoms with Gasteiger partial charge in [-0.3, -0.25) is 9.80 Å². The van der Waals surface area contributed by atoms with Gasteiger partial charge in [0, 0.05) is 104 Å². The van der Waals surface area contributed by atoms with Gasteiger partial charge < -0.3 is 29.4 Å². The van der Waals surface area contributed by atoms with Crippen LogP contribution in [0, 0.1) is 0 Å². The van der Waals surface area contributed by atoms with Gasteiger partial charge in [-0.2, -0.15) is 0 Å². The van der Waals surface area contributed by atoms with E-state index in [0.29, 0.717) is 0 Å². The molecule has 0 aliphatic carbocycles. The molecule has 4 bridgehead atoms. The minimum absolute atomic E-state index is 0. The molecule has 4 unspecified atom stereocenters. The van der Waals surface area contributed by atoms with Crippen LogP contribution in [0.5, 0.6) is 0 Å². The summed E-state index contributed by atoms with van der Waals surface area (Å²) in [6, 6.07) is 0. The van der Waals surface area contributed by atoms with Crippen molar-refractivity contribution < 1.29 is 34.1 Å². The Balaban J connectivity index is 0.000000506. The first kappa shape index (κ1) is 51.9. The van der Waals surface area contributed by atoms with Crippen LogP contribution >= 0.6 is 46.4 Å². The number of hydrogen-bond acceptors (Lipinski definition) is 8. The van der Waals surface area contributed by atoms with Crippen LogP contribution < -0.4 is 0 Å². The van der Waals surface area contributed by atoms with E-state index in [0.717, 1.165) is 111 Å². The van der Waals surface area contributed by atoms with Gasteiger partial charge in [-0.1, -0.05) is 98.8 Å². The minimum Gasteiger partial charge on any atom is -0.305 e. The zero-order valence-corrected chi connectivity index (χ0v) is 38.9. The largest absolute Gasteiger partial charge is 2.00 e. The fraction of sp³-hybridized carbons (Fsp3) is 1.00. The molecule has 0 aromatic carbocycles. The van der Waals surface area contributed by atoms with Crippen molar-refractivity contribution in [2.24, 2.45) is 0 Å². The molecule has 0 saturated carbocycles. The average Bonchev–Trinajstić information content (AvgIpc) is 3.08. The molecule has 4 aliphatic heterocycles. The Bertz CT molecular complexity index is 883. The van der Waals surface area contributed by atoms with Crippen molar-refractivity contribution >= 4 is 46.4 Å².